The highest BCUT2D eigenvalue weighted by atomic mass is 16.5. The molecular weight excluding hydrogens is 338 g/mol. The summed E-state index contributed by atoms with van der Waals surface area (Å²) >= 11 is 0. The van der Waals surface area contributed by atoms with Crippen LogP contribution < -0.4 is 9.47 Å². The van der Waals surface area contributed by atoms with Gasteiger partial charge in [0.25, 0.3) is 0 Å². The largest absolute Gasteiger partial charge is 0.493 e. The van der Waals surface area contributed by atoms with Crippen molar-refractivity contribution in [1.29, 1.82) is 0 Å². The monoisotopic (exact) mass is 367 g/mol. The van der Waals surface area contributed by atoms with E-state index in [-0.39, 0.29) is 0 Å². The summed E-state index contributed by atoms with van der Waals surface area (Å²) in [5.41, 5.74) is 4.79. The summed E-state index contributed by atoms with van der Waals surface area (Å²) in [6, 6.07) is 12.7. The maximum Gasteiger partial charge on any atom is 0.123 e. The number of aliphatic hydroxyl groups excluding tert-OH is 1. The third-order valence-electron chi connectivity index (χ3n) is 5.38. The smallest absolute Gasteiger partial charge is 0.123 e. The first-order chi connectivity index (χ1) is 13.1. The van der Waals surface area contributed by atoms with Crippen LogP contribution in [0.4, 0.5) is 0 Å². The van der Waals surface area contributed by atoms with E-state index in [0.717, 1.165) is 61.7 Å². The van der Waals surface area contributed by atoms with Crippen molar-refractivity contribution in [2.75, 3.05) is 19.8 Å². The molecule has 1 N–H and O–H groups in total. The number of rotatable bonds is 5. The van der Waals surface area contributed by atoms with Gasteiger partial charge in [-0.3, -0.25) is 4.90 Å². The number of nitrogens with zero attached hydrogens (tertiary/aromatic N) is 1. The Kier molecular flexibility index (Phi) is 5.37. The Labute approximate surface area is 161 Å². The van der Waals surface area contributed by atoms with E-state index in [2.05, 4.69) is 43.0 Å². The molecule has 0 unspecified atom stereocenters. The molecule has 4 rings (SSSR count). The van der Waals surface area contributed by atoms with Gasteiger partial charge in [0.15, 0.2) is 0 Å². The topological polar surface area (TPSA) is 41.9 Å². The molecule has 0 saturated heterocycles. The molecule has 27 heavy (non-hydrogen) atoms. The average molecular weight is 367 g/mol. The van der Waals surface area contributed by atoms with Gasteiger partial charge in [-0.1, -0.05) is 32.0 Å². The van der Waals surface area contributed by atoms with Gasteiger partial charge in [0.2, 0.25) is 0 Å². The van der Waals surface area contributed by atoms with Gasteiger partial charge in [-0.2, -0.15) is 0 Å². The first-order valence-electron chi connectivity index (χ1n) is 9.99. The van der Waals surface area contributed by atoms with Crippen molar-refractivity contribution in [3.05, 3.63) is 58.7 Å². The van der Waals surface area contributed by atoms with E-state index in [1.807, 2.05) is 12.1 Å². The Balaban J connectivity index is 1.50. The van der Waals surface area contributed by atoms with Gasteiger partial charge in [-0.15, -0.1) is 0 Å². The van der Waals surface area contributed by atoms with E-state index >= 15 is 0 Å². The third kappa shape index (κ3) is 4.28. The number of benzene rings is 2. The fraction of sp³-hybridized carbons (Fsp3) is 0.478. The summed E-state index contributed by atoms with van der Waals surface area (Å²) < 4.78 is 11.6. The normalized spacial score (nSPS) is 17.6. The third-order valence-corrected chi connectivity index (χ3v) is 5.38. The van der Waals surface area contributed by atoms with Crippen molar-refractivity contribution in [2.24, 2.45) is 5.92 Å². The van der Waals surface area contributed by atoms with E-state index in [0.29, 0.717) is 12.5 Å². The van der Waals surface area contributed by atoms with Crippen molar-refractivity contribution in [3.63, 3.8) is 0 Å². The lowest BCUT2D eigenvalue weighted by Gasteiger charge is -2.20. The molecule has 0 amide bonds. The molecule has 144 valence electrons. The van der Waals surface area contributed by atoms with Crippen LogP contribution in [0.2, 0.25) is 0 Å². The lowest BCUT2D eigenvalue weighted by atomic mass is 9.97. The fourth-order valence-electron chi connectivity index (χ4n) is 3.99. The lowest BCUT2D eigenvalue weighted by molar-refractivity contribution is 0.151. The summed E-state index contributed by atoms with van der Waals surface area (Å²) in [6.45, 7) is 8.39. The van der Waals surface area contributed by atoms with Crippen molar-refractivity contribution in [2.45, 2.75) is 45.9 Å². The molecule has 2 aliphatic rings. The SMILES string of the molecule is CC(C)C[C@@H](O)c1ccc2c(c1)CN(Cc1ccc3c(c1)CCO3)CCO2. The molecule has 0 spiro atoms. The minimum atomic E-state index is -0.413. The summed E-state index contributed by atoms with van der Waals surface area (Å²) in [5, 5.41) is 10.5. The number of hydrogen-bond donors (Lipinski definition) is 1. The first kappa shape index (κ1) is 18.3. The average Bonchev–Trinajstić information content (AvgIpc) is 3.00. The second-order valence-electron chi connectivity index (χ2n) is 8.11. The zero-order valence-electron chi connectivity index (χ0n) is 16.3. The van der Waals surface area contributed by atoms with Crippen molar-refractivity contribution < 1.29 is 14.6 Å². The highest BCUT2D eigenvalue weighted by Gasteiger charge is 2.19. The molecule has 2 aliphatic heterocycles. The number of aliphatic hydroxyl groups is 1. The number of hydrogen-bond acceptors (Lipinski definition) is 4. The van der Waals surface area contributed by atoms with Crippen LogP contribution in [-0.4, -0.2) is 29.8 Å². The van der Waals surface area contributed by atoms with Gasteiger partial charge in [-0.05, 0) is 47.2 Å². The lowest BCUT2D eigenvalue weighted by Crippen LogP contribution is -2.25. The zero-order valence-corrected chi connectivity index (χ0v) is 16.3. The minimum absolute atomic E-state index is 0.413. The summed E-state index contributed by atoms with van der Waals surface area (Å²) in [7, 11) is 0. The van der Waals surface area contributed by atoms with Gasteiger partial charge >= 0.3 is 0 Å². The molecule has 0 aliphatic carbocycles. The second kappa shape index (κ2) is 7.91. The predicted octanol–water partition coefficient (Wildman–Crippen LogP) is 4.10. The molecule has 0 bridgehead atoms. The highest BCUT2D eigenvalue weighted by Crippen LogP contribution is 2.30. The van der Waals surface area contributed by atoms with Gasteiger partial charge in [0, 0.05) is 31.6 Å². The molecular formula is C23H29NO3. The second-order valence-corrected chi connectivity index (χ2v) is 8.11. The van der Waals surface area contributed by atoms with Crippen LogP contribution >= 0.6 is 0 Å². The number of fused-ring (bicyclic) bond motifs is 2. The van der Waals surface area contributed by atoms with Gasteiger partial charge in [0.05, 0.1) is 12.7 Å². The van der Waals surface area contributed by atoms with Gasteiger partial charge < -0.3 is 14.6 Å². The van der Waals surface area contributed by atoms with E-state index in [1.165, 1.54) is 11.1 Å². The molecule has 2 aromatic carbocycles. The Morgan fingerprint density at radius 1 is 1.00 bits per heavy atom. The maximum atomic E-state index is 10.5. The zero-order chi connectivity index (χ0) is 18.8. The van der Waals surface area contributed by atoms with Crippen LogP contribution in [0.1, 0.15) is 48.6 Å². The first-order valence-corrected chi connectivity index (χ1v) is 9.99. The van der Waals surface area contributed by atoms with Crippen LogP contribution in [-0.2, 0) is 19.5 Å². The molecule has 0 fully saturated rings. The summed E-state index contributed by atoms with van der Waals surface area (Å²) in [5.74, 6) is 2.45. The summed E-state index contributed by atoms with van der Waals surface area (Å²) in [6.07, 6.45) is 1.37. The van der Waals surface area contributed by atoms with E-state index < -0.39 is 6.10 Å². The van der Waals surface area contributed by atoms with Crippen molar-refractivity contribution in [3.8, 4) is 11.5 Å². The van der Waals surface area contributed by atoms with Crippen LogP contribution in [0, 0.1) is 5.92 Å². The Bertz CT molecular complexity index is 802. The Morgan fingerprint density at radius 2 is 1.78 bits per heavy atom. The van der Waals surface area contributed by atoms with Crippen LogP contribution in [0.25, 0.3) is 0 Å². The molecule has 1 atom stereocenters. The van der Waals surface area contributed by atoms with Gasteiger partial charge in [0.1, 0.15) is 18.1 Å². The Hall–Kier alpha value is -2.04. The van der Waals surface area contributed by atoms with E-state index in [1.54, 1.807) is 0 Å². The predicted molar refractivity (Wildman–Crippen MR) is 106 cm³/mol. The summed E-state index contributed by atoms with van der Waals surface area (Å²) in [4.78, 5) is 2.42. The highest BCUT2D eigenvalue weighted by molar-refractivity contribution is 5.41. The molecule has 2 aromatic rings. The van der Waals surface area contributed by atoms with Crippen LogP contribution in [0.3, 0.4) is 0 Å². The quantitative estimate of drug-likeness (QED) is 0.864. The molecule has 2 heterocycles. The standard InChI is InChI=1S/C23H29NO3/c1-16(2)11-21(25)18-4-6-23-20(13-18)15-24(8-10-27-23)14-17-3-5-22-19(12-17)7-9-26-22/h3-6,12-13,16,21,25H,7-11,14-15H2,1-2H3/t21-/m1/s1. The van der Waals surface area contributed by atoms with E-state index in [4.69, 9.17) is 9.47 Å². The molecule has 4 heteroatoms. The molecule has 0 saturated carbocycles. The minimum Gasteiger partial charge on any atom is -0.493 e. The van der Waals surface area contributed by atoms with E-state index in [9.17, 15) is 5.11 Å². The molecule has 4 nitrogen and oxygen atoms in total. The van der Waals surface area contributed by atoms with Crippen molar-refractivity contribution in [1.82, 2.24) is 4.90 Å². The maximum absolute atomic E-state index is 10.5. The van der Waals surface area contributed by atoms with Crippen LogP contribution in [0.15, 0.2) is 36.4 Å². The Morgan fingerprint density at radius 3 is 2.63 bits per heavy atom. The fourth-order valence-corrected chi connectivity index (χ4v) is 3.99. The van der Waals surface area contributed by atoms with Crippen LogP contribution in [0.5, 0.6) is 11.5 Å². The molecule has 0 radical (unpaired) electrons. The van der Waals surface area contributed by atoms with Gasteiger partial charge in [-0.25, -0.2) is 0 Å². The van der Waals surface area contributed by atoms with Crippen molar-refractivity contribution >= 4 is 0 Å². The molecule has 0 aromatic heterocycles. The number of ether oxygens (including phenoxy) is 2.